The van der Waals surface area contributed by atoms with E-state index in [1.54, 1.807) is 0 Å². The monoisotopic (exact) mass is 268 g/mol. The maximum atomic E-state index is 8.64. The summed E-state index contributed by atoms with van der Waals surface area (Å²) in [4.78, 5) is 5.09. The average Bonchev–Trinajstić information content (AvgIpc) is 2.46. The molecule has 2 rings (SSSR count). The molecule has 1 N–H and O–H groups in total. The van der Waals surface area contributed by atoms with E-state index in [-0.39, 0.29) is 6.61 Å². The Morgan fingerprint density at radius 3 is 2.53 bits per heavy atom. The third-order valence-corrected chi connectivity index (χ3v) is 4.15. The minimum atomic E-state index is 0.129. The van der Waals surface area contributed by atoms with Gasteiger partial charge in [-0.1, -0.05) is 12.2 Å². The molecule has 19 heavy (non-hydrogen) atoms. The first-order valence-electron chi connectivity index (χ1n) is 7.67. The van der Waals surface area contributed by atoms with E-state index in [0.717, 1.165) is 32.2 Å². The third-order valence-electron chi connectivity index (χ3n) is 4.15. The Labute approximate surface area is 117 Å². The van der Waals surface area contributed by atoms with Crippen molar-refractivity contribution in [3.63, 3.8) is 0 Å². The molecule has 2 aliphatic rings. The average molecular weight is 268 g/mol. The van der Waals surface area contributed by atoms with E-state index >= 15 is 0 Å². The Hall–Kier alpha value is -0.420. The summed E-state index contributed by atoms with van der Waals surface area (Å²) in [5, 5.41) is 8.64. The zero-order valence-corrected chi connectivity index (χ0v) is 12.0. The van der Waals surface area contributed by atoms with Gasteiger partial charge in [-0.05, 0) is 25.2 Å². The number of hydrogen-bond acceptors (Lipinski definition) is 4. The maximum absolute atomic E-state index is 8.64. The topological polar surface area (TPSA) is 35.9 Å². The first kappa shape index (κ1) is 15.0. The minimum absolute atomic E-state index is 0.129. The summed E-state index contributed by atoms with van der Waals surface area (Å²) in [6.07, 6.45) is 8.58. The van der Waals surface area contributed by atoms with Gasteiger partial charge in [0.25, 0.3) is 0 Å². The van der Waals surface area contributed by atoms with Crippen LogP contribution < -0.4 is 0 Å². The van der Waals surface area contributed by atoms with Crippen LogP contribution in [0.15, 0.2) is 12.2 Å². The molecular weight excluding hydrogens is 240 g/mol. The van der Waals surface area contributed by atoms with Crippen LogP contribution in [0.2, 0.25) is 0 Å². The van der Waals surface area contributed by atoms with Crippen LogP contribution in [0.5, 0.6) is 0 Å². The van der Waals surface area contributed by atoms with Crippen molar-refractivity contribution < 1.29 is 9.84 Å². The molecule has 0 spiro atoms. The van der Waals surface area contributed by atoms with Gasteiger partial charge in [0.05, 0.1) is 19.8 Å². The fourth-order valence-electron chi connectivity index (χ4n) is 2.94. The molecule has 110 valence electrons. The molecule has 1 unspecified atom stereocenters. The van der Waals surface area contributed by atoms with Gasteiger partial charge in [-0.2, -0.15) is 0 Å². The number of allylic oxidation sites excluding steroid dienone is 2. The number of ether oxygens (including phenoxy) is 1. The first-order valence-corrected chi connectivity index (χ1v) is 7.67. The fourth-order valence-corrected chi connectivity index (χ4v) is 2.94. The number of nitrogens with zero attached hydrogens (tertiary/aromatic N) is 2. The van der Waals surface area contributed by atoms with E-state index in [1.807, 2.05) is 0 Å². The van der Waals surface area contributed by atoms with Crippen molar-refractivity contribution in [3.05, 3.63) is 12.2 Å². The highest BCUT2D eigenvalue weighted by Crippen LogP contribution is 2.19. The number of aliphatic hydroxyl groups excluding tert-OH is 1. The molecule has 1 atom stereocenters. The van der Waals surface area contributed by atoms with Crippen LogP contribution in [0, 0.1) is 5.92 Å². The molecule has 0 saturated carbocycles. The van der Waals surface area contributed by atoms with Crippen LogP contribution in [0.1, 0.15) is 19.3 Å². The number of piperazine rings is 1. The lowest BCUT2D eigenvalue weighted by atomic mass is 9.94. The van der Waals surface area contributed by atoms with Gasteiger partial charge >= 0.3 is 0 Å². The van der Waals surface area contributed by atoms with Crippen molar-refractivity contribution in [2.24, 2.45) is 5.92 Å². The van der Waals surface area contributed by atoms with Crippen molar-refractivity contribution >= 4 is 0 Å². The Balaban J connectivity index is 1.55. The summed E-state index contributed by atoms with van der Waals surface area (Å²) in [7, 11) is 0. The van der Waals surface area contributed by atoms with Gasteiger partial charge in [0.1, 0.15) is 0 Å². The Kier molecular flexibility index (Phi) is 6.85. The molecular formula is C15H28N2O2. The second kappa shape index (κ2) is 8.69. The summed E-state index contributed by atoms with van der Waals surface area (Å²) in [6, 6.07) is 0. The van der Waals surface area contributed by atoms with Gasteiger partial charge in [-0.3, -0.25) is 4.90 Å². The quantitative estimate of drug-likeness (QED) is 0.551. The molecule has 1 aliphatic heterocycles. The van der Waals surface area contributed by atoms with Crippen molar-refractivity contribution in [1.82, 2.24) is 9.80 Å². The van der Waals surface area contributed by atoms with Crippen molar-refractivity contribution in [1.29, 1.82) is 0 Å². The van der Waals surface area contributed by atoms with Crippen molar-refractivity contribution in [2.75, 3.05) is 59.1 Å². The normalized spacial score (nSPS) is 25.8. The minimum Gasteiger partial charge on any atom is -0.394 e. The highest BCUT2D eigenvalue weighted by molar-refractivity contribution is 4.91. The SMILES string of the molecule is OCCOCCN1CCN(CC2CC=CCC2)CC1. The van der Waals surface area contributed by atoms with E-state index in [4.69, 9.17) is 9.84 Å². The van der Waals surface area contributed by atoms with Crippen LogP contribution >= 0.6 is 0 Å². The van der Waals surface area contributed by atoms with E-state index in [1.165, 1.54) is 38.9 Å². The molecule has 0 aromatic heterocycles. The van der Waals surface area contributed by atoms with Gasteiger partial charge < -0.3 is 14.7 Å². The summed E-state index contributed by atoms with van der Waals surface area (Å²) in [5.74, 6) is 0.879. The second-order valence-corrected chi connectivity index (χ2v) is 5.63. The fraction of sp³-hybridized carbons (Fsp3) is 0.867. The smallest absolute Gasteiger partial charge is 0.0698 e. The van der Waals surface area contributed by atoms with Gasteiger partial charge in [0.15, 0.2) is 0 Å². The summed E-state index contributed by atoms with van der Waals surface area (Å²) < 4.78 is 5.32. The van der Waals surface area contributed by atoms with Crippen LogP contribution in [-0.2, 0) is 4.74 Å². The molecule has 0 amide bonds. The molecule has 0 radical (unpaired) electrons. The molecule has 1 fully saturated rings. The lowest BCUT2D eigenvalue weighted by molar-refractivity contribution is 0.0545. The maximum Gasteiger partial charge on any atom is 0.0698 e. The van der Waals surface area contributed by atoms with E-state index < -0.39 is 0 Å². The summed E-state index contributed by atoms with van der Waals surface area (Å²) >= 11 is 0. The van der Waals surface area contributed by atoms with E-state index in [9.17, 15) is 0 Å². The zero-order chi connectivity index (χ0) is 13.3. The zero-order valence-electron chi connectivity index (χ0n) is 12.0. The molecule has 4 nitrogen and oxygen atoms in total. The predicted octanol–water partition coefficient (Wildman–Crippen LogP) is 0.969. The van der Waals surface area contributed by atoms with Gasteiger partial charge in [0.2, 0.25) is 0 Å². The Morgan fingerprint density at radius 1 is 1.05 bits per heavy atom. The first-order chi connectivity index (χ1) is 9.38. The van der Waals surface area contributed by atoms with Gasteiger partial charge in [0, 0.05) is 39.3 Å². The molecule has 1 saturated heterocycles. The van der Waals surface area contributed by atoms with Crippen LogP contribution in [-0.4, -0.2) is 74.0 Å². The van der Waals surface area contributed by atoms with Gasteiger partial charge in [-0.25, -0.2) is 0 Å². The van der Waals surface area contributed by atoms with Crippen molar-refractivity contribution in [2.45, 2.75) is 19.3 Å². The molecule has 0 aromatic carbocycles. The lowest BCUT2D eigenvalue weighted by Gasteiger charge is -2.36. The van der Waals surface area contributed by atoms with E-state index in [2.05, 4.69) is 22.0 Å². The van der Waals surface area contributed by atoms with Gasteiger partial charge in [-0.15, -0.1) is 0 Å². The molecule has 1 aliphatic carbocycles. The number of rotatable bonds is 7. The molecule has 0 bridgehead atoms. The number of hydrogen-bond donors (Lipinski definition) is 1. The van der Waals surface area contributed by atoms with Crippen LogP contribution in [0.3, 0.4) is 0 Å². The second-order valence-electron chi connectivity index (χ2n) is 5.63. The Bertz CT molecular complexity index is 263. The Morgan fingerprint density at radius 2 is 1.84 bits per heavy atom. The largest absolute Gasteiger partial charge is 0.394 e. The lowest BCUT2D eigenvalue weighted by Crippen LogP contribution is -2.48. The standard InChI is InChI=1S/C15H28N2O2/c18-11-13-19-12-10-16-6-8-17(9-7-16)14-15-4-2-1-3-5-15/h1-2,15,18H,3-14H2. The highest BCUT2D eigenvalue weighted by atomic mass is 16.5. The molecule has 1 heterocycles. The van der Waals surface area contributed by atoms with Crippen LogP contribution in [0.25, 0.3) is 0 Å². The summed E-state index contributed by atoms with van der Waals surface area (Å²) in [5.41, 5.74) is 0. The predicted molar refractivity (Wildman–Crippen MR) is 77.3 cm³/mol. The summed E-state index contributed by atoms with van der Waals surface area (Å²) in [6.45, 7) is 8.32. The third kappa shape index (κ3) is 5.61. The van der Waals surface area contributed by atoms with E-state index in [0.29, 0.717) is 6.61 Å². The molecule has 0 aromatic rings. The highest BCUT2D eigenvalue weighted by Gasteiger charge is 2.19. The molecule has 4 heteroatoms. The van der Waals surface area contributed by atoms with Crippen molar-refractivity contribution in [3.8, 4) is 0 Å². The number of aliphatic hydroxyl groups is 1. The van der Waals surface area contributed by atoms with Crippen LogP contribution in [0.4, 0.5) is 0 Å².